The van der Waals surface area contributed by atoms with Gasteiger partial charge in [0.1, 0.15) is 13.2 Å². The Morgan fingerprint density at radius 3 is 2.76 bits per heavy atom. The number of carbonyl (C=O) groups excluding carboxylic acids is 1. The van der Waals surface area contributed by atoms with E-state index in [1.165, 1.54) is 6.08 Å². The van der Waals surface area contributed by atoms with Crippen molar-refractivity contribution < 1.29 is 19.0 Å². The fraction of sp³-hybridized carbons (Fsp3) is 0.250. The molecule has 2 aromatic rings. The fourth-order valence-corrected chi connectivity index (χ4v) is 2.63. The van der Waals surface area contributed by atoms with Crippen LogP contribution in [-0.4, -0.2) is 33.3 Å². The number of hydrogen-bond acceptors (Lipinski definition) is 4. The van der Waals surface area contributed by atoms with Crippen molar-refractivity contribution in [1.29, 1.82) is 0 Å². The SMILES string of the molecule is COc1cc(C=CC(=O)N(C)c2cccc(C)c2)cc2c1OCCO2. The van der Waals surface area contributed by atoms with E-state index in [2.05, 4.69) is 0 Å². The molecule has 0 aliphatic carbocycles. The van der Waals surface area contributed by atoms with E-state index in [1.807, 2.05) is 43.3 Å². The van der Waals surface area contributed by atoms with Crippen molar-refractivity contribution >= 4 is 17.7 Å². The summed E-state index contributed by atoms with van der Waals surface area (Å²) in [5.74, 6) is 1.72. The summed E-state index contributed by atoms with van der Waals surface area (Å²) in [5, 5.41) is 0. The molecule has 0 fully saturated rings. The number of ether oxygens (including phenoxy) is 3. The van der Waals surface area contributed by atoms with Crippen molar-refractivity contribution in [3.63, 3.8) is 0 Å². The second kappa shape index (κ2) is 7.30. The zero-order chi connectivity index (χ0) is 17.8. The molecule has 0 radical (unpaired) electrons. The largest absolute Gasteiger partial charge is 0.493 e. The molecule has 0 spiro atoms. The Balaban J connectivity index is 1.80. The van der Waals surface area contributed by atoms with E-state index in [-0.39, 0.29) is 5.91 Å². The Morgan fingerprint density at radius 1 is 1.20 bits per heavy atom. The van der Waals surface area contributed by atoms with E-state index in [1.54, 1.807) is 25.1 Å². The average molecular weight is 339 g/mol. The Kier molecular flexibility index (Phi) is 4.93. The Hall–Kier alpha value is -2.95. The fourth-order valence-electron chi connectivity index (χ4n) is 2.63. The highest BCUT2D eigenvalue weighted by molar-refractivity contribution is 6.03. The number of benzene rings is 2. The molecule has 0 N–H and O–H groups in total. The van der Waals surface area contributed by atoms with Crippen LogP contribution in [0.3, 0.4) is 0 Å². The van der Waals surface area contributed by atoms with Crippen LogP contribution in [0.5, 0.6) is 17.2 Å². The third-order valence-corrected chi connectivity index (χ3v) is 3.99. The van der Waals surface area contributed by atoms with Crippen LogP contribution in [0.15, 0.2) is 42.5 Å². The highest BCUT2D eigenvalue weighted by Crippen LogP contribution is 2.40. The van der Waals surface area contributed by atoms with Gasteiger partial charge in [-0.05, 0) is 48.4 Å². The summed E-state index contributed by atoms with van der Waals surface area (Å²) in [6, 6.07) is 11.5. The first-order valence-electron chi connectivity index (χ1n) is 8.08. The van der Waals surface area contributed by atoms with Crippen LogP contribution in [0.2, 0.25) is 0 Å². The molecule has 0 aromatic heterocycles. The number of hydrogen-bond donors (Lipinski definition) is 0. The lowest BCUT2D eigenvalue weighted by Gasteiger charge is -2.21. The summed E-state index contributed by atoms with van der Waals surface area (Å²) < 4.78 is 16.5. The Bertz CT molecular complexity index is 796. The number of methoxy groups -OCH3 is 1. The molecule has 25 heavy (non-hydrogen) atoms. The van der Waals surface area contributed by atoms with Gasteiger partial charge in [0, 0.05) is 18.8 Å². The summed E-state index contributed by atoms with van der Waals surface area (Å²) in [6.07, 6.45) is 3.28. The maximum absolute atomic E-state index is 12.4. The number of anilines is 1. The summed E-state index contributed by atoms with van der Waals surface area (Å²) in [7, 11) is 3.34. The first-order chi connectivity index (χ1) is 12.1. The number of rotatable bonds is 4. The molecule has 0 atom stereocenters. The molecule has 1 aliphatic heterocycles. The van der Waals surface area contributed by atoms with Gasteiger partial charge in [0.15, 0.2) is 11.5 Å². The molecule has 2 aromatic carbocycles. The Labute approximate surface area is 147 Å². The van der Waals surface area contributed by atoms with E-state index >= 15 is 0 Å². The molecule has 1 aliphatic rings. The minimum atomic E-state index is -0.112. The molecule has 0 unspecified atom stereocenters. The normalized spacial score (nSPS) is 12.9. The number of fused-ring (bicyclic) bond motifs is 1. The molecular weight excluding hydrogens is 318 g/mol. The van der Waals surface area contributed by atoms with Gasteiger partial charge >= 0.3 is 0 Å². The van der Waals surface area contributed by atoms with E-state index in [9.17, 15) is 4.79 Å². The number of aryl methyl sites for hydroxylation is 1. The maximum atomic E-state index is 12.4. The molecule has 0 saturated heterocycles. The predicted octanol–water partition coefficient (Wildman–Crippen LogP) is 3.45. The number of nitrogens with zero attached hydrogens (tertiary/aromatic N) is 1. The molecule has 1 amide bonds. The molecule has 130 valence electrons. The highest BCUT2D eigenvalue weighted by atomic mass is 16.6. The zero-order valence-corrected chi connectivity index (χ0v) is 14.6. The molecule has 5 heteroatoms. The van der Waals surface area contributed by atoms with Crippen LogP contribution in [0, 0.1) is 6.92 Å². The minimum absolute atomic E-state index is 0.112. The van der Waals surface area contributed by atoms with Gasteiger partial charge in [-0.2, -0.15) is 0 Å². The van der Waals surface area contributed by atoms with E-state index in [0.717, 1.165) is 16.8 Å². The van der Waals surface area contributed by atoms with Crippen LogP contribution in [0.1, 0.15) is 11.1 Å². The first kappa shape index (κ1) is 16.9. The number of carbonyl (C=O) groups is 1. The quantitative estimate of drug-likeness (QED) is 0.801. The molecule has 0 saturated carbocycles. The zero-order valence-electron chi connectivity index (χ0n) is 14.6. The van der Waals surface area contributed by atoms with Gasteiger partial charge in [-0.1, -0.05) is 12.1 Å². The second-order valence-electron chi connectivity index (χ2n) is 5.82. The van der Waals surface area contributed by atoms with Gasteiger partial charge in [-0.3, -0.25) is 4.79 Å². The number of likely N-dealkylation sites (N-methyl/N-ethyl adjacent to an activating group) is 1. The standard InChI is InChI=1S/C20H21NO4/c1-14-5-4-6-16(11-14)21(2)19(22)8-7-15-12-17(23-3)20-18(13-15)24-9-10-25-20/h4-8,11-13H,9-10H2,1-3H3. The summed E-state index contributed by atoms with van der Waals surface area (Å²) in [6.45, 7) is 3.00. The van der Waals surface area contributed by atoms with Crippen molar-refractivity contribution in [2.45, 2.75) is 6.92 Å². The topological polar surface area (TPSA) is 48.0 Å². The van der Waals surface area contributed by atoms with E-state index in [4.69, 9.17) is 14.2 Å². The van der Waals surface area contributed by atoms with Crippen LogP contribution in [0.4, 0.5) is 5.69 Å². The predicted molar refractivity (Wildman–Crippen MR) is 97.6 cm³/mol. The van der Waals surface area contributed by atoms with Gasteiger partial charge in [-0.15, -0.1) is 0 Å². The van der Waals surface area contributed by atoms with Gasteiger partial charge in [0.2, 0.25) is 5.75 Å². The molecule has 5 nitrogen and oxygen atoms in total. The first-order valence-corrected chi connectivity index (χ1v) is 8.08. The monoisotopic (exact) mass is 339 g/mol. The van der Waals surface area contributed by atoms with Crippen molar-refractivity contribution in [3.8, 4) is 17.2 Å². The lowest BCUT2D eigenvalue weighted by atomic mass is 10.1. The average Bonchev–Trinajstić information content (AvgIpc) is 2.64. The smallest absolute Gasteiger partial charge is 0.250 e. The van der Waals surface area contributed by atoms with E-state index < -0.39 is 0 Å². The molecule has 1 heterocycles. The lowest BCUT2D eigenvalue weighted by Crippen LogP contribution is -2.23. The van der Waals surface area contributed by atoms with Gasteiger partial charge in [0.25, 0.3) is 5.91 Å². The van der Waals surface area contributed by atoms with Crippen LogP contribution < -0.4 is 19.1 Å². The van der Waals surface area contributed by atoms with Crippen molar-refractivity contribution in [3.05, 3.63) is 53.6 Å². The van der Waals surface area contributed by atoms with E-state index in [0.29, 0.717) is 30.5 Å². The number of amides is 1. The Morgan fingerprint density at radius 2 is 2.00 bits per heavy atom. The maximum Gasteiger partial charge on any atom is 0.250 e. The third-order valence-electron chi connectivity index (χ3n) is 3.99. The van der Waals surface area contributed by atoms with Crippen molar-refractivity contribution in [2.75, 3.05) is 32.3 Å². The van der Waals surface area contributed by atoms with Gasteiger partial charge in [-0.25, -0.2) is 0 Å². The van der Waals surface area contributed by atoms with Crippen LogP contribution in [-0.2, 0) is 4.79 Å². The third kappa shape index (κ3) is 3.76. The van der Waals surface area contributed by atoms with Crippen LogP contribution >= 0.6 is 0 Å². The summed E-state index contributed by atoms with van der Waals surface area (Å²) in [4.78, 5) is 14.0. The molecular formula is C20H21NO4. The highest BCUT2D eigenvalue weighted by Gasteiger charge is 2.18. The summed E-state index contributed by atoms with van der Waals surface area (Å²) >= 11 is 0. The lowest BCUT2D eigenvalue weighted by molar-refractivity contribution is -0.113. The van der Waals surface area contributed by atoms with Gasteiger partial charge < -0.3 is 19.1 Å². The van der Waals surface area contributed by atoms with Crippen LogP contribution in [0.25, 0.3) is 6.08 Å². The van der Waals surface area contributed by atoms with Crippen molar-refractivity contribution in [1.82, 2.24) is 0 Å². The van der Waals surface area contributed by atoms with Gasteiger partial charge in [0.05, 0.1) is 7.11 Å². The molecule has 0 bridgehead atoms. The second-order valence-corrected chi connectivity index (χ2v) is 5.82. The minimum Gasteiger partial charge on any atom is -0.493 e. The molecule has 3 rings (SSSR count). The summed E-state index contributed by atoms with van der Waals surface area (Å²) in [5.41, 5.74) is 2.78. The van der Waals surface area contributed by atoms with Crippen molar-refractivity contribution in [2.24, 2.45) is 0 Å².